The normalized spacial score (nSPS) is 17.1. The van der Waals surface area contributed by atoms with E-state index in [1.165, 1.54) is 0 Å². The number of hydrogen-bond acceptors (Lipinski definition) is 7. The molecule has 1 aliphatic rings. The minimum atomic E-state index is -0.662. The van der Waals surface area contributed by atoms with Crippen molar-refractivity contribution in [2.45, 2.75) is 52.6 Å². The van der Waals surface area contributed by atoms with Crippen molar-refractivity contribution in [2.24, 2.45) is 0 Å². The number of hydrogen-bond donors (Lipinski definition) is 2. The summed E-state index contributed by atoms with van der Waals surface area (Å²) in [5.74, 6) is -0.506. The van der Waals surface area contributed by atoms with Gasteiger partial charge in [-0.2, -0.15) is 0 Å². The lowest BCUT2D eigenvalue weighted by Gasteiger charge is -2.20. The summed E-state index contributed by atoms with van der Waals surface area (Å²) in [5.41, 5.74) is 7.16. The molecular weight excluding hydrogens is 508 g/mol. The molecule has 8 heteroatoms. The molecule has 4 aromatic rings. The summed E-state index contributed by atoms with van der Waals surface area (Å²) in [4.78, 5) is 31.9. The first kappa shape index (κ1) is 27.6. The van der Waals surface area contributed by atoms with Crippen LogP contribution in [0.2, 0.25) is 0 Å². The highest BCUT2D eigenvalue weighted by atomic mass is 16.8. The number of para-hydroxylation sites is 1. The number of fused-ring (bicyclic) bond motifs is 1. The van der Waals surface area contributed by atoms with Gasteiger partial charge in [0, 0.05) is 22.4 Å². The number of aryl methyl sites for hydroxylation is 1. The van der Waals surface area contributed by atoms with Crippen molar-refractivity contribution in [2.75, 3.05) is 18.5 Å². The summed E-state index contributed by atoms with van der Waals surface area (Å²) in [6.07, 6.45) is -0.266. The summed E-state index contributed by atoms with van der Waals surface area (Å²) in [7, 11) is 0. The highest BCUT2D eigenvalue weighted by Gasteiger charge is 2.33. The van der Waals surface area contributed by atoms with E-state index in [1.807, 2.05) is 82.3 Å². The minimum absolute atomic E-state index is 0.0609. The molecule has 3 aromatic carbocycles. The van der Waals surface area contributed by atoms with Crippen LogP contribution in [0.15, 0.2) is 75.9 Å². The molecule has 8 nitrogen and oxygen atoms in total. The Morgan fingerprint density at radius 1 is 1.07 bits per heavy atom. The standard InChI is InChI=1S/C32H34N2O6/c1-19-15-25(30-26(16-19)28(35)20(2)29(39-30)22-11-7-6-8-12-22)21(3)33-27-14-10-9-13-24(27)31(36)34-38-18-23-17-37-32(4,5)40-23/h6-16,21,23,33H,17-18H2,1-5H3,(H,34,36)/t21-,23-/m1/s1. The van der Waals surface area contributed by atoms with Gasteiger partial charge in [0.05, 0.1) is 23.6 Å². The third-order valence-electron chi connectivity index (χ3n) is 6.94. The van der Waals surface area contributed by atoms with E-state index in [-0.39, 0.29) is 24.2 Å². The zero-order chi connectivity index (χ0) is 28.4. The number of nitrogens with one attached hydrogen (secondary N) is 2. The van der Waals surface area contributed by atoms with Crippen LogP contribution in [-0.2, 0) is 14.3 Å². The second-order valence-electron chi connectivity index (χ2n) is 10.6. The molecule has 0 bridgehead atoms. The number of benzene rings is 3. The van der Waals surface area contributed by atoms with Gasteiger partial charge in [-0.15, -0.1) is 0 Å². The van der Waals surface area contributed by atoms with Crippen LogP contribution >= 0.6 is 0 Å². The second kappa shape index (κ2) is 11.3. The number of rotatable bonds is 8. The molecule has 208 valence electrons. The molecule has 2 atom stereocenters. The maximum absolute atomic E-state index is 13.4. The summed E-state index contributed by atoms with van der Waals surface area (Å²) < 4.78 is 17.7. The largest absolute Gasteiger partial charge is 0.455 e. The smallest absolute Gasteiger partial charge is 0.276 e. The molecule has 2 heterocycles. The molecule has 1 amide bonds. The quantitative estimate of drug-likeness (QED) is 0.261. The first-order chi connectivity index (χ1) is 19.1. The van der Waals surface area contributed by atoms with Gasteiger partial charge < -0.3 is 19.2 Å². The highest BCUT2D eigenvalue weighted by Crippen LogP contribution is 2.32. The molecule has 0 radical (unpaired) electrons. The van der Waals surface area contributed by atoms with E-state index < -0.39 is 11.7 Å². The summed E-state index contributed by atoms with van der Waals surface area (Å²) in [5, 5.41) is 3.97. The zero-order valence-electron chi connectivity index (χ0n) is 23.4. The molecule has 1 fully saturated rings. The monoisotopic (exact) mass is 542 g/mol. The van der Waals surface area contributed by atoms with E-state index in [2.05, 4.69) is 10.8 Å². The van der Waals surface area contributed by atoms with Crippen LogP contribution in [0, 0.1) is 13.8 Å². The predicted octanol–water partition coefficient (Wildman–Crippen LogP) is 6.06. The number of carbonyl (C=O) groups excluding carboxylic acids is 1. The van der Waals surface area contributed by atoms with Gasteiger partial charge in [-0.25, -0.2) is 5.48 Å². The molecule has 0 saturated carbocycles. The number of carbonyl (C=O) groups is 1. The van der Waals surface area contributed by atoms with E-state index in [0.29, 0.717) is 40.2 Å². The molecule has 40 heavy (non-hydrogen) atoms. The van der Waals surface area contributed by atoms with Gasteiger partial charge in [0.1, 0.15) is 24.1 Å². The van der Waals surface area contributed by atoms with Gasteiger partial charge in [-0.3, -0.25) is 14.4 Å². The fraction of sp³-hybridized carbons (Fsp3) is 0.312. The fourth-order valence-electron chi connectivity index (χ4n) is 4.97. The lowest BCUT2D eigenvalue weighted by Crippen LogP contribution is -2.31. The van der Waals surface area contributed by atoms with Crippen LogP contribution in [0.4, 0.5) is 5.69 Å². The SMILES string of the molecule is Cc1cc([C@@H](C)Nc2ccccc2C(=O)NOC[C@H]2COC(C)(C)O2)c2oc(-c3ccccc3)c(C)c(=O)c2c1. The Kier molecular flexibility index (Phi) is 7.76. The first-order valence-corrected chi connectivity index (χ1v) is 13.4. The van der Waals surface area contributed by atoms with E-state index >= 15 is 0 Å². The van der Waals surface area contributed by atoms with E-state index in [1.54, 1.807) is 19.1 Å². The van der Waals surface area contributed by atoms with Crippen LogP contribution in [0.1, 0.15) is 53.9 Å². The van der Waals surface area contributed by atoms with E-state index in [0.717, 1.165) is 16.7 Å². The van der Waals surface area contributed by atoms with Gasteiger partial charge in [0.15, 0.2) is 11.2 Å². The Labute approximate surface area is 233 Å². The molecule has 1 aromatic heterocycles. The van der Waals surface area contributed by atoms with Crippen LogP contribution in [0.5, 0.6) is 0 Å². The van der Waals surface area contributed by atoms with Crippen LogP contribution in [0.3, 0.4) is 0 Å². The summed E-state index contributed by atoms with van der Waals surface area (Å²) in [6.45, 7) is 9.95. The predicted molar refractivity (Wildman–Crippen MR) is 154 cm³/mol. The third kappa shape index (κ3) is 5.79. The molecule has 5 rings (SSSR count). The maximum Gasteiger partial charge on any atom is 0.276 e. The molecule has 1 aliphatic heterocycles. The van der Waals surface area contributed by atoms with E-state index in [9.17, 15) is 9.59 Å². The average Bonchev–Trinajstić information content (AvgIpc) is 3.29. The van der Waals surface area contributed by atoms with Crippen molar-refractivity contribution < 1.29 is 23.5 Å². The molecule has 2 N–H and O–H groups in total. The second-order valence-corrected chi connectivity index (χ2v) is 10.6. The number of amides is 1. The Morgan fingerprint density at radius 2 is 1.80 bits per heavy atom. The molecule has 0 spiro atoms. The zero-order valence-corrected chi connectivity index (χ0v) is 23.4. The van der Waals surface area contributed by atoms with Crippen molar-refractivity contribution in [1.29, 1.82) is 0 Å². The number of ether oxygens (including phenoxy) is 2. The van der Waals surface area contributed by atoms with Gasteiger partial charge in [-0.1, -0.05) is 48.5 Å². The van der Waals surface area contributed by atoms with Crippen molar-refractivity contribution in [3.8, 4) is 11.3 Å². The van der Waals surface area contributed by atoms with Crippen molar-refractivity contribution in [3.63, 3.8) is 0 Å². The van der Waals surface area contributed by atoms with Crippen LogP contribution < -0.4 is 16.2 Å². The van der Waals surface area contributed by atoms with E-state index in [4.69, 9.17) is 18.7 Å². The molecular formula is C32H34N2O6. The lowest BCUT2D eigenvalue weighted by atomic mass is 9.98. The Morgan fingerprint density at radius 3 is 2.52 bits per heavy atom. The lowest BCUT2D eigenvalue weighted by molar-refractivity contribution is -0.147. The Balaban J connectivity index is 1.40. The third-order valence-corrected chi connectivity index (χ3v) is 6.94. The van der Waals surface area contributed by atoms with Gasteiger partial charge in [0.25, 0.3) is 5.91 Å². The van der Waals surface area contributed by atoms with Crippen LogP contribution in [-0.4, -0.2) is 31.0 Å². The Hall–Kier alpha value is -3.98. The van der Waals surface area contributed by atoms with Gasteiger partial charge in [-0.05, 0) is 58.4 Å². The van der Waals surface area contributed by atoms with Crippen molar-refractivity contribution in [3.05, 3.63) is 99.2 Å². The number of anilines is 1. The number of hydroxylamine groups is 1. The molecule has 0 aliphatic carbocycles. The van der Waals surface area contributed by atoms with Gasteiger partial charge in [0.2, 0.25) is 0 Å². The van der Waals surface area contributed by atoms with Crippen LogP contribution in [0.25, 0.3) is 22.3 Å². The molecule has 0 unspecified atom stereocenters. The average molecular weight is 543 g/mol. The van der Waals surface area contributed by atoms with Crippen molar-refractivity contribution >= 4 is 22.6 Å². The fourth-order valence-corrected chi connectivity index (χ4v) is 4.97. The highest BCUT2D eigenvalue weighted by molar-refractivity contribution is 5.99. The summed E-state index contributed by atoms with van der Waals surface area (Å²) >= 11 is 0. The Bertz CT molecular complexity index is 1590. The van der Waals surface area contributed by atoms with Crippen molar-refractivity contribution in [1.82, 2.24) is 5.48 Å². The topological polar surface area (TPSA) is 99.0 Å². The summed E-state index contributed by atoms with van der Waals surface area (Å²) in [6, 6.07) is 20.4. The maximum atomic E-state index is 13.4. The first-order valence-electron chi connectivity index (χ1n) is 13.4. The van der Waals surface area contributed by atoms with Gasteiger partial charge >= 0.3 is 0 Å². The molecule has 1 saturated heterocycles. The minimum Gasteiger partial charge on any atom is -0.455 e.